The van der Waals surface area contributed by atoms with Crippen LogP contribution in [-0.2, 0) is 11.3 Å². The fourth-order valence-electron chi connectivity index (χ4n) is 3.25. The van der Waals surface area contributed by atoms with E-state index in [0.717, 1.165) is 38.8 Å². The monoisotopic (exact) mass is 448 g/mol. The van der Waals surface area contributed by atoms with Gasteiger partial charge in [-0.3, -0.25) is 4.90 Å². The van der Waals surface area contributed by atoms with Crippen LogP contribution >= 0.6 is 23.2 Å². The van der Waals surface area contributed by atoms with Crippen molar-refractivity contribution in [3.63, 3.8) is 0 Å². The zero-order chi connectivity index (χ0) is 21.8. The molecule has 0 heterocycles. The molecule has 6 heteroatoms. The lowest BCUT2D eigenvalue weighted by molar-refractivity contribution is 0.107. The number of rotatable bonds is 13. The molecule has 0 aromatic heterocycles. The molecule has 1 unspecified atom stereocenters. The molecular weight excluding hydrogens is 419 g/mol. The van der Waals surface area contributed by atoms with Crippen molar-refractivity contribution >= 4 is 28.9 Å². The Hall–Kier alpha value is -1.74. The molecule has 1 atom stereocenters. The Bertz CT molecular complexity index is 786. The van der Waals surface area contributed by atoms with E-state index in [1.54, 1.807) is 12.1 Å². The first-order valence-corrected chi connectivity index (χ1v) is 11.0. The fourth-order valence-corrected chi connectivity index (χ4v) is 3.75. The largest absolute Gasteiger partial charge is 0.396 e. The van der Waals surface area contributed by atoms with Crippen LogP contribution in [0.1, 0.15) is 42.9 Å². The van der Waals surface area contributed by atoms with Gasteiger partial charge >= 0.3 is 0 Å². The van der Waals surface area contributed by atoms with Gasteiger partial charge in [0.2, 0.25) is 0 Å². The molecule has 0 spiro atoms. The van der Waals surface area contributed by atoms with E-state index >= 15 is 0 Å². The molecule has 3 N–H and O–H groups in total. The Morgan fingerprint density at radius 1 is 1.07 bits per heavy atom. The van der Waals surface area contributed by atoms with Gasteiger partial charge in [0.05, 0.1) is 21.8 Å². The summed E-state index contributed by atoms with van der Waals surface area (Å²) in [4.78, 5) is 2.26. The second-order valence-corrected chi connectivity index (χ2v) is 8.12. The highest BCUT2D eigenvalue weighted by atomic mass is 35.5. The van der Waals surface area contributed by atoms with Gasteiger partial charge in [0.15, 0.2) is 0 Å². The van der Waals surface area contributed by atoms with Gasteiger partial charge in [-0.1, -0.05) is 72.3 Å². The fraction of sp³-hybridized carbons (Fsp3) is 0.417. The number of nitrogen functional groups attached to an aromatic ring is 1. The number of hydrogen-bond acceptors (Lipinski definition) is 4. The third-order valence-electron chi connectivity index (χ3n) is 4.86. The summed E-state index contributed by atoms with van der Waals surface area (Å²) in [7, 11) is 0. The summed E-state index contributed by atoms with van der Waals surface area (Å²) in [6.07, 6.45) is 8.70. The minimum Gasteiger partial charge on any atom is -0.396 e. The van der Waals surface area contributed by atoms with Crippen LogP contribution in [0.3, 0.4) is 0 Å². The molecule has 4 nitrogen and oxygen atoms in total. The molecule has 0 aliphatic carbocycles. The minimum atomic E-state index is -0.707. The average molecular weight is 449 g/mol. The maximum atomic E-state index is 10.8. The van der Waals surface area contributed by atoms with E-state index in [2.05, 4.69) is 23.0 Å². The first-order valence-electron chi connectivity index (χ1n) is 10.2. The Balaban J connectivity index is 1.92. The van der Waals surface area contributed by atoms with E-state index in [1.165, 1.54) is 5.56 Å². The van der Waals surface area contributed by atoms with E-state index in [-0.39, 0.29) is 0 Å². The number of halogens is 2. The van der Waals surface area contributed by atoms with Gasteiger partial charge in [-0.2, -0.15) is 0 Å². The van der Waals surface area contributed by atoms with Crippen LogP contribution in [0.25, 0.3) is 0 Å². The predicted molar refractivity (Wildman–Crippen MR) is 126 cm³/mol. The Morgan fingerprint density at radius 2 is 1.73 bits per heavy atom. The predicted octanol–water partition coefficient (Wildman–Crippen LogP) is 5.32. The maximum Gasteiger partial charge on any atom is 0.107 e. The quantitative estimate of drug-likeness (QED) is 0.247. The number of hydrogen-bond donors (Lipinski definition) is 2. The molecule has 0 amide bonds. The van der Waals surface area contributed by atoms with Crippen LogP contribution in [0.2, 0.25) is 10.0 Å². The zero-order valence-electron chi connectivity index (χ0n) is 17.2. The first-order chi connectivity index (χ1) is 14.5. The van der Waals surface area contributed by atoms with Crippen molar-refractivity contribution in [2.75, 3.05) is 32.0 Å². The smallest absolute Gasteiger partial charge is 0.107 e. The number of nitrogens with two attached hydrogens (primary N) is 1. The molecule has 0 fully saturated rings. The highest BCUT2D eigenvalue weighted by molar-refractivity contribution is 6.38. The van der Waals surface area contributed by atoms with Gasteiger partial charge in [0.25, 0.3) is 0 Å². The number of terminal acetylenes is 1. The molecule has 0 bridgehead atoms. The van der Waals surface area contributed by atoms with Gasteiger partial charge < -0.3 is 15.6 Å². The second kappa shape index (κ2) is 13.5. The standard InChI is InChI=1S/C24H30Cl2N2O2/c1-2-13-30-14-9-4-3-8-12-28(17-19-10-6-5-7-11-19)18-23(29)20-15-21(25)24(27)22(26)16-20/h1,5-7,10-11,15-16,23,29H,3-4,8-9,12-14,17-18,27H2. The topological polar surface area (TPSA) is 58.7 Å². The van der Waals surface area contributed by atoms with Crippen LogP contribution in [0.5, 0.6) is 0 Å². The normalized spacial score (nSPS) is 12.1. The van der Waals surface area contributed by atoms with Crippen LogP contribution in [-0.4, -0.2) is 36.3 Å². The summed E-state index contributed by atoms with van der Waals surface area (Å²) in [6.45, 7) is 3.21. The molecular formula is C24H30Cl2N2O2. The molecule has 30 heavy (non-hydrogen) atoms. The summed E-state index contributed by atoms with van der Waals surface area (Å²) < 4.78 is 5.31. The van der Waals surface area contributed by atoms with Crippen molar-refractivity contribution in [2.45, 2.75) is 38.3 Å². The number of unbranched alkanes of at least 4 members (excludes halogenated alkanes) is 3. The molecule has 0 aliphatic rings. The molecule has 0 aliphatic heterocycles. The molecule has 2 aromatic carbocycles. The molecule has 0 saturated carbocycles. The van der Waals surface area contributed by atoms with E-state index in [1.807, 2.05) is 18.2 Å². The molecule has 2 rings (SSSR count). The Kier molecular flexibility index (Phi) is 11.1. The van der Waals surface area contributed by atoms with Gasteiger partial charge in [0.1, 0.15) is 6.61 Å². The van der Waals surface area contributed by atoms with E-state index < -0.39 is 6.10 Å². The van der Waals surface area contributed by atoms with Gasteiger partial charge in [-0.25, -0.2) is 0 Å². The van der Waals surface area contributed by atoms with E-state index in [9.17, 15) is 5.11 Å². The van der Waals surface area contributed by atoms with Crippen molar-refractivity contribution in [1.29, 1.82) is 0 Å². The summed E-state index contributed by atoms with van der Waals surface area (Å²) in [5.41, 5.74) is 8.03. The lowest BCUT2D eigenvalue weighted by atomic mass is 10.1. The Labute approximate surface area is 189 Å². The van der Waals surface area contributed by atoms with Crippen molar-refractivity contribution in [3.05, 3.63) is 63.6 Å². The number of ether oxygens (including phenoxy) is 1. The summed E-state index contributed by atoms with van der Waals surface area (Å²) in [5.74, 6) is 2.47. The van der Waals surface area contributed by atoms with Crippen molar-refractivity contribution in [2.24, 2.45) is 0 Å². The Morgan fingerprint density at radius 3 is 2.40 bits per heavy atom. The number of aliphatic hydroxyl groups is 1. The van der Waals surface area contributed by atoms with Gasteiger partial charge in [-0.05, 0) is 42.6 Å². The molecule has 0 radical (unpaired) electrons. The zero-order valence-corrected chi connectivity index (χ0v) is 18.7. The summed E-state index contributed by atoms with van der Waals surface area (Å²) >= 11 is 12.3. The minimum absolute atomic E-state index is 0.335. The lowest BCUT2D eigenvalue weighted by Gasteiger charge is -2.26. The SMILES string of the molecule is C#CCOCCCCCCN(Cc1ccccc1)CC(O)c1cc(Cl)c(N)c(Cl)c1. The third kappa shape index (κ3) is 8.55. The molecule has 162 valence electrons. The average Bonchev–Trinajstić information content (AvgIpc) is 2.74. The molecule has 2 aromatic rings. The highest BCUT2D eigenvalue weighted by Crippen LogP contribution is 2.31. The van der Waals surface area contributed by atoms with Crippen molar-refractivity contribution in [3.8, 4) is 12.3 Å². The number of aliphatic hydroxyl groups excluding tert-OH is 1. The van der Waals surface area contributed by atoms with Crippen LogP contribution < -0.4 is 5.73 Å². The summed E-state index contributed by atoms with van der Waals surface area (Å²) in [6, 6.07) is 13.6. The third-order valence-corrected chi connectivity index (χ3v) is 5.49. The highest BCUT2D eigenvalue weighted by Gasteiger charge is 2.16. The second-order valence-electron chi connectivity index (χ2n) is 7.31. The number of nitrogens with zero attached hydrogens (tertiary/aromatic N) is 1. The van der Waals surface area contributed by atoms with Crippen molar-refractivity contribution < 1.29 is 9.84 Å². The van der Waals surface area contributed by atoms with Gasteiger partial charge in [0, 0.05) is 19.7 Å². The van der Waals surface area contributed by atoms with Crippen LogP contribution in [0, 0.1) is 12.3 Å². The van der Waals surface area contributed by atoms with Crippen molar-refractivity contribution in [1.82, 2.24) is 4.90 Å². The number of anilines is 1. The molecule has 0 saturated heterocycles. The lowest BCUT2D eigenvalue weighted by Crippen LogP contribution is -2.29. The number of benzene rings is 2. The maximum absolute atomic E-state index is 10.8. The first kappa shape index (κ1) is 24.5. The van der Waals surface area contributed by atoms with E-state index in [4.69, 9.17) is 40.1 Å². The van der Waals surface area contributed by atoms with E-state index in [0.29, 0.717) is 41.1 Å². The van der Waals surface area contributed by atoms with Crippen LogP contribution in [0.15, 0.2) is 42.5 Å². The van der Waals surface area contributed by atoms with Crippen LogP contribution in [0.4, 0.5) is 5.69 Å². The van der Waals surface area contributed by atoms with Gasteiger partial charge in [-0.15, -0.1) is 6.42 Å². The summed E-state index contributed by atoms with van der Waals surface area (Å²) in [5, 5.41) is 11.5.